The molecule has 0 aliphatic carbocycles. The Kier molecular flexibility index (Phi) is 4.98. The molecule has 0 bridgehead atoms. The molecule has 0 atom stereocenters. The fraction of sp³-hybridized carbons (Fsp3) is 0.400. The zero-order valence-corrected chi connectivity index (χ0v) is 11.2. The van der Waals surface area contributed by atoms with Crippen LogP contribution in [-0.4, -0.2) is 32.1 Å². The highest BCUT2D eigenvalue weighted by atomic mass is 16.5. The standard InChI is InChI=1S/C15H20N2O2/c1-19-14-4-2-3-12(11-14)5-6-15(18)17-13-7-9-16-10-8-13/h2-6,11,13,16H,7-10H2,1H3,(H,17,18)/b6-5+. The predicted molar refractivity (Wildman–Crippen MR) is 76.1 cm³/mol. The van der Waals surface area contributed by atoms with Gasteiger partial charge in [-0.1, -0.05) is 12.1 Å². The lowest BCUT2D eigenvalue weighted by atomic mass is 10.1. The topological polar surface area (TPSA) is 50.4 Å². The van der Waals surface area contributed by atoms with Crippen molar-refractivity contribution in [2.24, 2.45) is 0 Å². The van der Waals surface area contributed by atoms with Crippen LogP contribution in [0.2, 0.25) is 0 Å². The molecule has 102 valence electrons. The fourth-order valence-electron chi connectivity index (χ4n) is 2.13. The van der Waals surface area contributed by atoms with E-state index in [2.05, 4.69) is 10.6 Å². The molecule has 4 heteroatoms. The summed E-state index contributed by atoms with van der Waals surface area (Å²) in [5.74, 6) is 0.760. The summed E-state index contributed by atoms with van der Waals surface area (Å²) in [5, 5.41) is 6.30. The van der Waals surface area contributed by atoms with Crippen molar-refractivity contribution >= 4 is 12.0 Å². The minimum atomic E-state index is -0.0327. The molecule has 0 aromatic heterocycles. The zero-order valence-electron chi connectivity index (χ0n) is 11.2. The largest absolute Gasteiger partial charge is 0.497 e. The lowest BCUT2D eigenvalue weighted by Gasteiger charge is -2.22. The predicted octanol–water partition coefficient (Wildman–Crippen LogP) is 1.58. The van der Waals surface area contributed by atoms with Gasteiger partial charge in [0, 0.05) is 12.1 Å². The Balaban J connectivity index is 1.88. The molecule has 1 saturated heterocycles. The molecular formula is C15H20N2O2. The number of nitrogens with one attached hydrogen (secondary N) is 2. The van der Waals surface area contributed by atoms with Gasteiger partial charge in [-0.3, -0.25) is 4.79 Å². The summed E-state index contributed by atoms with van der Waals surface area (Å²) in [4.78, 5) is 11.8. The van der Waals surface area contributed by atoms with Crippen LogP contribution in [0.25, 0.3) is 6.08 Å². The molecule has 0 saturated carbocycles. The second-order valence-electron chi connectivity index (χ2n) is 4.64. The highest BCUT2D eigenvalue weighted by Crippen LogP contribution is 2.13. The number of amides is 1. The van der Waals surface area contributed by atoms with Crippen molar-refractivity contribution in [2.45, 2.75) is 18.9 Å². The Bertz CT molecular complexity index is 451. The highest BCUT2D eigenvalue weighted by molar-refractivity contribution is 5.91. The first-order valence-electron chi connectivity index (χ1n) is 6.61. The van der Waals surface area contributed by atoms with Gasteiger partial charge in [-0.25, -0.2) is 0 Å². The van der Waals surface area contributed by atoms with Gasteiger partial charge in [-0.05, 0) is 49.7 Å². The van der Waals surface area contributed by atoms with Gasteiger partial charge in [0.2, 0.25) is 5.91 Å². The number of hydrogen-bond acceptors (Lipinski definition) is 3. The highest BCUT2D eigenvalue weighted by Gasteiger charge is 2.13. The molecule has 2 rings (SSSR count). The van der Waals surface area contributed by atoms with E-state index in [1.807, 2.05) is 24.3 Å². The first kappa shape index (κ1) is 13.6. The molecule has 0 unspecified atom stereocenters. The molecule has 1 amide bonds. The third-order valence-electron chi connectivity index (χ3n) is 3.21. The molecule has 19 heavy (non-hydrogen) atoms. The third-order valence-corrected chi connectivity index (χ3v) is 3.21. The van der Waals surface area contributed by atoms with E-state index < -0.39 is 0 Å². The SMILES string of the molecule is COc1cccc(/C=C/C(=O)NC2CCNCC2)c1. The van der Waals surface area contributed by atoms with Crippen LogP contribution in [0.5, 0.6) is 5.75 Å². The summed E-state index contributed by atoms with van der Waals surface area (Å²) in [6.07, 6.45) is 5.38. The summed E-state index contributed by atoms with van der Waals surface area (Å²) < 4.78 is 5.14. The molecule has 1 aliphatic heterocycles. The molecular weight excluding hydrogens is 240 g/mol. The van der Waals surface area contributed by atoms with Gasteiger partial charge < -0.3 is 15.4 Å². The van der Waals surface area contributed by atoms with Crippen LogP contribution in [0.3, 0.4) is 0 Å². The van der Waals surface area contributed by atoms with Crippen molar-refractivity contribution in [3.8, 4) is 5.75 Å². The smallest absolute Gasteiger partial charge is 0.244 e. The maximum Gasteiger partial charge on any atom is 0.244 e. The van der Waals surface area contributed by atoms with Crippen LogP contribution in [-0.2, 0) is 4.79 Å². The third kappa shape index (κ3) is 4.41. The number of hydrogen-bond donors (Lipinski definition) is 2. The Morgan fingerprint density at radius 1 is 1.42 bits per heavy atom. The number of methoxy groups -OCH3 is 1. The maximum absolute atomic E-state index is 11.8. The first-order valence-corrected chi connectivity index (χ1v) is 6.61. The number of piperidine rings is 1. The lowest BCUT2D eigenvalue weighted by Crippen LogP contribution is -2.42. The van der Waals surface area contributed by atoms with Crippen molar-refractivity contribution in [3.05, 3.63) is 35.9 Å². The van der Waals surface area contributed by atoms with E-state index in [9.17, 15) is 4.79 Å². The molecule has 4 nitrogen and oxygen atoms in total. The summed E-state index contributed by atoms with van der Waals surface area (Å²) in [5.41, 5.74) is 0.958. The van der Waals surface area contributed by atoms with Gasteiger partial charge >= 0.3 is 0 Å². The molecule has 1 heterocycles. The molecule has 0 spiro atoms. The van der Waals surface area contributed by atoms with Crippen LogP contribution in [0.4, 0.5) is 0 Å². The average Bonchev–Trinajstić information content (AvgIpc) is 2.46. The van der Waals surface area contributed by atoms with Crippen molar-refractivity contribution in [1.82, 2.24) is 10.6 Å². The number of benzene rings is 1. The van der Waals surface area contributed by atoms with E-state index >= 15 is 0 Å². The number of carbonyl (C=O) groups is 1. The van der Waals surface area contributed by atoms with E-state index in [-0.39, 0.29) is 5.91 Å². The maximum atomic E-state index is 11.8. The van der Waals surface area contributed by atoms with Crippen LogP contribution < -0.4 is 15.4 Å². The zero-order chi connectivity index (χ0) is 13.5. The van der Waals surface area contributed by atoms with Crippen molar-refractivity contribution in [2.75, 3.05) is 20.2 Å². The van der Waals surface area contributed by atoms with Crippen molar-refractivity contribution in [3.63, 3.8) is 0 Å². The molecule has 1 aromatic carbocycles. The van der Waals surface area contributed by atoms with Crippen LogP contribution in [0.1, 0.15) is 18.4 Å². The Morgan fingerprint density at radius 2 is 2.21 bits per heavy atom. The second kappa shape index (κ2) is 6.95. The number of ether oxygens (including phenoxy) is 1. The lowest BCUT2D eigenvalue weighted by molar-refractivity contribution is -0.117. The summed E-state index contributed by atoms with van der Waals surface area (Å²) in [6, 6.07) is 7.92. The van der Waals surface area contributed by atoms with Crippen molar-refractivity contribution < 1.29 is 9.53 Å². The summed E-state index contributed by atoms with van der Waals surface area (Å²) in [7, 11) is 1.63. The molecule has 1 aromatic rings. The van der Waals surface area contributed by atoms with Crippen LogP contribution >= 0.6 is 0 Å². The van der Waals surface area contributed by atoms with Crippen LogP contribution in [0, 0.1) is 0 Å². The minimum Gasteiger partial charge on any atom is -0.497 e. The van der Waals surface area contributed by atoms with E-state index in [1.54, 1.807) is 19.3 Å². The Labute approximate surface area is 113 Å². The molecule has 1 fully saturated rings. The Morgan fingerprint density at radius 3 is 2.95 bits per heavy atom. The first-order chi connectivity index (χ1) is 9.28. The normalized spacial score (nSPS) is 16.5. The van der Waals surface area contributed by atoms with E-state index in [0.717, 1.165) is 37.2 Å². The molecule has 1 aliphatic rings. The monoisotopic (exact) mass is 260 g/mol. The number of carbonyl (C=O) groups excluding carboxylic acids is 1. The second-order valence-corrected chi connectivity index (χ2v) is 4.64. The van der Waals surface area contributed by atoms with E-state index in [1.165, 1.54) is 0 Å². The van der Waals surface area contributed by atoms with Gasteiger partial charge in [0.1, 0.15) is 5.75 Å². The van der Waals surface area contributed by atoms with E-state index in [0.29, 0.717) is 6.04 Å². The van der Waals surface area contributed by atoms with Gasteiger partial charge in [-0.15, -0.1) is 0 Å². The van der Waals surface area contributed by atoms with Crippen LogP contribution in [0.15, 0.2) is 30.3 Å². The van der Waals surface area contributed by atoms with Gasteiger partial charge in [0.05, 0.1) is 7.11 Å². The summed E-state index contributed by atoms with van der Waals surface area (Å²) >= 11 is 0. The fourth-order valence-corrected chi connectivity index (χ4v) is 2.13. The molecule has 0 radical (unpaired) electrons. The average molecular weight is 260 g/mol. The van der Waals surface area contributed by atoms with E-state index in [4.69, 9.17) is 4.74 Å². The molecule has 2 N–H and O–H groups in total. The van der Waals surface area contributed by atoms with Gasteiger partial charge in [0.25, 0.3) is 0 Å². The minimum absolute atomic E-state index is 0.0327. The quantitative estimate of drug-likeness (QED) is 0.808. The Hall–Kier alpha value is -1.81. The van der Waals surface area contributed by atoms with Crippen molar-refractivity contribution in [1.29, 1.82) is 0 Å². The number of rotatable bonds is 4. The van der Waals surface area contributed by atoms with Gasteiger partial charge in [0.15, 0.2) is 0 Å². The van der Waals surface area contributed by atoms with Gasteiger partial charge in [-0.2, -0.15) is 0 Å². The summed E-state index contributed by atoms with van der Waals surface area (Å²) in [6.45, 7) is 1.95.